The molecule has 0 radical (unpaired) electrons. The Morgan fingerprint density at radius 1 is 0.250 bits per heavy atom. The summed E-state index contributed by atoms with van der Waals surface area (Å²) >= 11 is 7.21. The van der Waals surface area contributed by atoms with Gasteiger partial charge in [-0.2, -0.15) is 24.3 Å². The van der Waals surface area contributed by atoms with E-state index in [1.807, 2.05) is 27.7 Å². The van der Waals surface area contributed by atoms with Crippen molar-refractivity contribution >= 4 is 11.6 Å². The number of hydrogen-bond acceptors (Lipinski definition) is 0. The predicted octanol–water partition coefficient (Wildman–Crippen LogP) is 23.1. The van der Waals surface area contributed by atoms with Gasteiger partial charge in [0, 0.05) is 5.02 Å². The van der Waals surface area contributed by atoms with Crippen LogP contribution < -0.4 is 68.9 Å². The van der Waals surface area contributed by atoms with Crippen LogP contribution in [-0.4, -0.2) is 0 Å². The van der Waals surface area contributed by atoms with Crippen molar-refractivity contribution in [3.63, 3.8) is 0 Å². The van der Waals surface area contributed by atoms with Gasteiger partial charge < -0.3 is 0 Å². The van der Waals surface area contributed by atoms with Gasteiger partial charge in [-0.3, -0.25) is 0 Å². The Kier molecular flexibility index (Phi) is 21.0. The molecule has 2 heteroatoms. The summed E-state index contributed by atoms with van der Waals surface area (Å²) in [5.41, 5.74) is 38.4. The summed E-state index contributed by atoms with van der Waals surface area (Å²) in [6, 6.07) is 103. The fraction of sp³-hybridized carbons (Fsp3) is 0.133. The van der Waals surface area contributed by atoms with E-state index in [1.54, 1.807) is 0 Å². The van der Waals surface area contributed by atoms with E-state index >= 15 is 0 Å². The van der Waals surface area contributed by atoms with Gasteiger partial charge in [-0.25, -0.2) is 0 Å². The molecule has 0 spiro atoms. The molecule has 1 aliphatic rings. The van der Waals surface area contributed by atoms with Gasteiger partial charge in [0.15, 0.2) is 0 Å². The third-order valence-corrected chi connectivity index (χ3v) is 18.7. The van der Waals surface area contributed by atoms with Crippen LogP contribution in [0.5, 0.6) is 0 Å². The Bertz CT molecular complexity index is 4770. The first kappa shape index (κ1) is 65.7. The van der Waals surface area contributed by atoms with Gasteiger partial charge in [0.05, 0.1) is 0 Å². The maximum Gasteiger partial charge on any atom is 1.00 e. The molecule has 0 amide bonds. The molecule has 14 rings (SSSR count). The molecule has 0 nitrogen and oxygen atoms in total. The third-order valence-electron chi connectivity index (χ3n) is 18.4. The molecule has 0 N–H and O–H groups in total. The fourth-order valence-electron chi connectivity index (χ4n) is 13.2. The SMILES string of the molecule is CC.CC.Cc1ccc(-c2c(-c3ccccc3)cc(-c3ccc(Cl)cc3-c3ccc(-c4c[c-]ccc4-c4cc(-c5ccccc5)c(-c5ccc6c(c5)CC6)c(-c5ccc(C)c(C)c5)c4-c4ccccc4)cc3)c(-c3ccccc3)c2-c2ccc(C)c(C)c2)cc1C.[Cs+]. The molecule has 0 atom stereocenters. The molecule has 0 saturated carbocycles. The summed E-state index contributed by atoms with van der Waals surface area (Å²) in [6.45, 7) is 21.3. The Hall–Kier alpha value is -7.80. The van der Waals surface area contributed by atoms with Crippen LogP contribution in [0.4, 0.5) is 0 Å². The van der Waals surface area contributed by atoms with Crippen LogP contribution in [0, 0.1) is 47.6 Å². The van der Waals surface area contributed by atoms with Gasteiger partial charge in [-0.1, -0.05) is 269 Å². The van der Waals surface area contributed by atoms with Crippen molar-refractivity contribution in [3.8, 4) is 134 Å². The van der Waals surface area contributed by atoms with Gasteiger partial charge in [0.25, 0.3) is 0 Å². The summed E-state index contributed by atoms with van der Waals surface area (Å²) in [5, 5.41) is 0.679. The van der Waals surface area contributed by atoms with E-state index in [0.29, 0.717) is 5.02 Å². The van der Waals surface area contributed by atoms with E-state index in [0.717, 1.165) is 68.5 Å². The number of aryl methyl sites for hydroxylation is 8. The zero-order valence-electron chi connectivity index (χ0n) is 55.2. The largest absolute Gasteiger partial charge is 1.00 e. The minimum Gasteiger partial charge on any atom is -0.183 e. The molecule has 0 aliphatic heterocycles. The Morgan fingerprint density at radius 3 is 1.01 bits per heavy atom. The Balaban J connectivity index is 0.00000170. The normalized spacial score (nSPS) is 11.2. The maximum absolute atomic E-state index is 7.21. The van der Waals surface area contributed by atoms with E-state index in [4.69, 9.17) is 11.6 Å². The number of fused-ring (bicyclic) bond motifs is 1. The summed E-state index contributed by atoms with van der Waals surface area (Å²) in [4.78, 5) is 0. The van der Waals surface area contributed by atoms with E-state index in [2.05, 4.69) is 315 Å². The van der Waals surface area contributed by atoms with Crippen LogP contribution >= 0.6 is 11.6 Å². The monoisotopic (exact) mass is 1330 g/mol. The zero-order valence-corrected chi connectivity index (χ0v) is 62.2. The molecule has 13 aromatic rings. The van der Waals surface area contributed by atoms with Crippen molar-refractivity contribution in [2.45, 2.75) is 82.1 Å². The van der Waals surface area contributed by atoms with E-state index in [1.165, 1.54) is 122 Å². The van der Waals surface area contributed by atoms with Crippen molar-refractivity contribution in [3.05, 3.63) is 323 Å². The van der Waals surface area contributed by atoms with Crippen LogP contribution in [-0.2, 0) is 12.8 Å². The third kappa shape index (κ3) is 13.1. The second kappa shape index (κ2) is 29.4. The molecule has 92 heavy (non-hydrogen) atoms. The van der Waals surface area contributed by atoms with Crippen molar-refractivity contribution in [1.82, 2.24) is 0 Å². The van der Waals surface area contributed by atoms with Crippen LogP contribution in [0.1, 0.15) is 72.2 Å². The molecule has 1 aliphatic carbocycles. The predicted molar refractivity (Wildman–Crippen MR) is 394 cm³/mol. The van der Waals surface area contributed by atoms with E-state index < -0.39 is 0 Å². The van der Waals surface area contributed by atoms with Crippen molar-refractivity contribution in [1.29, 1.82) is 0 Å². The minimum absolute atomic E-state index is 0. The van der Waals surface area contributed by atoms with Gasteiger partial charge in [-0.05, 0) is 240 Å². The topological polar surface area (TPSA) is 0 Å². The number of hydrogen-bond donors (Lipinski definition) is 0. The summed E-state index contributed by atoms with van der Waals surface area (Å²) in [7, 11) is 0. The average Bonchev–Trinajstić information content (AvgIpc) is 0.755. The summed E-state index contributed by atoms with van der Waals surface area (Å²) in [5.74, 6) is 0. The second-order valence-electron chi connectivity index (χ2n) is 23.8. The van der Waals surface area contributed by atoms with Gasteiger partial charge >= 0.3 is 68.9 Å². The first-order valence-electron chi connectivity index (χ1n) is 32.4. The molecule has 13 aromatic carbocycles. The van der Waals surface area contributed by atoms with Crippen molar-refractivity contribution < 1.29 is 68.9 Å². The standard InChI is InChI=1S/C86H66Cl.2C2H6.Cs/c1-54-31-34-68(47-57(54)4)83-77(61-21-11-7-12-22-61)53-80(82(66-27-17-10-18-28-66)85(83)69-35-32-55(2)58(5)48-69)75-46-45-72(87)51-76(75)64-41-39-63(40-42-64)73-29-19-20-30-74(73)79-52-78(62-23-13-8-14-24-62)84(71-44-38-60-37-43-67(60)50-71)86(70-36-33-56(3)59(6)49-70)81(79)65-25-15-9-16-26-65;2*1-2;/h7-18,20-36,38-42,44-53H,37,43H2,1-6H3;2*1-2H3;/q-1;;;+1. The van der Waals surface area contributed by atoms with Gasteiger partial charge in [0.2, 0.25) is 0 Å². The Labute approximate surface area is 611 Å². The summed E-state index contributed by atoms with van der Waals surface area (Å²) in [6.07, 6.45) is 2.24. The van der Waals surface area contributed by atoms with Crippen LogP contribution in [0.25, 0.3) is 134 Å². The molecule has 0 aromatic heterocycles. The van der Waals surface area contributed by atoms with Gasteiger partial charge in [0.1, 0.15) is 0 Å². The summed E-state index contributed by atoms with van der Waals surface area (Å²) < 4.78 is 0. The molecular weight excluding hydrogens is 1250 g/mol. The fourth-order valence-corrected chi connectivity index (χ4v) is 13.4. The zero-order chi connectivity index (χ0) is 63.3. The average molecular weight is 1330 g/mol. The van der Waals surface area contributed by atoms with Crippen molar-refractivity contribution in [2.75, 3.05) is 0 Å². The quantitative estimate of drug-likeness (QED) is 0.107. The number of halogens is 1. The molecular formula is C90H78ClCs. The van der Waals surface area contributed by atoms with Crippen LogP contribution in [0.15, 0.2) is 267 Å². The van der Waals surface area contributed by atoms with E-state index in [-0.39, 0.29) is 68.9 Å². The van der Waals surface area contributed by atoms with Crippen LogP contribution in [0.3, 0.4) is 0 Å². The molecule has 446 valence electrons. The Morgan fingerprint density at radius 2 is 0.598 bits per heavy atom. The maximum atomic E-state index is 7.21. The molecule has 0 fully saturated rings. The smallest absolute Gasteiger partial charge is 0.183 e. The van der Waals surface area contributed by atoms with E-state index in [9.17, 15) is 0 Å². The second-order valence-corrected chi connectivity index (χ2v) is 24.2. The van der Waals surface area contributed by atoms with Crippen molar-refractivity contribution in [2.24, 2.45) is 0 Å². The molecule has 0 bridgehead atoms. The number of benzene rings is 13. The minimum atomic E-state index is 0. The molecule has 0 heterocycles. The molecule has 0 unspecified atom stereocenters. The first-order valence-corrected chi connectivity index (χ1v) is 32.8. The van der Waals surface area contributed by atoms with Crippen LogP contribution in [0.2, 0.25) is 5.02 Å². The first-order chi connectivity index (χ1) is 44.5. The molecule has 0 saturated heterocycles. The van der Waals surface area contributed by atoms with Gasteiger partial charge in [-0.15, -0.1) is 11.1 Å². The number of rotatable bonds is 12.